The van der Waals surface area contributed by atoms with Crippen molar-refractivity contribution in [3.63, 3.8) is 0 Å². The molecule has 4 heterocycles. The minimum Gasteiger partial charge on any atom is -0.461 e. The second kappa shape index (κ2) is 9.96. The van der Waals surface area contributed by atoms with Crippen LogP contribution in [-0.4, -0.2) is 48.5 Å². The third kappa shape index (κ3) is 4.69. The Morgan fingerprint density at radius 2 is 2.03 bits per heavy atom. The normalized spacial score (nSPS) is 15.5. The summed E-state index contributed by atoms with van der Waals surface area (Å²) in [5.41, 5.74) is 1.37. The predicted molar refractivity (Wildman–Crippen MR) is 132 cm³/mol. The van der Waals surface area contributed by atoms with E-state index in [0.717, 1.165) is 25.1 Å². The molecule has 1 atom stereocenters. The molecular weight excluding hydrogens is 468 g/mol. The zero-order valence-corrected chi connectivity index (χ0v) is 20.3. The van der Waals surface area contributed by atoms with Crippen LogP contribution in [0.25, 0.3) is 17.3 Å². The van der Waals surface area contributed by atoms with Crippen molar-refractivity contribution in [1.82, 2.24) is 24.1 Å². The van der Waals surface area contributed by atoms with Gasteiger partial charge in [-0.15, -0.1) is 10.2 Å². The van der Waals surface area contributed by atoms with Gasteiger partial charge in [-0.3, -0.25) is 18.8 Å². The number of hydrogen-bond acceptors (Lipinski definition) is 7. The maximum absolute atomic E-state index is 13.1. The number of carbonyl (C=O) groups is 1. The van der Waals surface area contributed by atoms with Crippen LogP contribution in [0.5, 0.6) is 0 Å². The number of benzene rings is 1. The first-order valence-corrected chi connectivity index (χ1v) is 12.4. The van der Waals surface area contributed by atoms with Gasteiger partial charge in [0, 0.05) is 13.7 Å². The van der Waals surface area contributed by atoms with E-state index in [1.807, 2.05) is 41.0 Å². The first-order chi connectivity index (χ1) is 17.0. The van der Waals surface area contributed by atoms with E-state index in [2.05, 4.69) is 15.5 Å². The fraction of sp³-hybridized carbons (Fsp3) is 0.333. The van der Waals surface area contributed by atoms with E-state index in [0.29, 0.717) is 29.0 Å². The minimum absolute atomic E-state index is 0.0660. The molecule has 0 bridgehead atoms. The number of rotatable bonds is 8. The van der Waals surface area contributed by atoms with E-state index in [4.69, 9.17) is 9.15 Å². The first kappa shape index (κ1) is 23.2. The largest absolute Gasteiger partial charge is 0.461 e. The number of hydrogen-bond donors (Lipinski definition) is 1. The Labute approximate surface area is 205 Å². The van der Waals surface area contributed by atoms with E-state index in [9.17, 15) is 9.59 Å². The van der Waals surface area contributed by atoms with Gasteiger partial charge in [0.05, 0.1) is 36.0 Å². The van der Waals surface area contributed by atoms with Gasteiger partial charge in [0.15, 0.2) is 10.9 Å². The Morgan fingerprint density at radius 1 is 1.20 bits per heavy atom. The molecule has 0 spiro atoms. The van der Waals surface area contributed by atoms with Crippen molar-refractivity contribution >= 4 is 23.4 Å². The lowest BCUT2D eigenvalue weighted by atomic mass is 10.2. The number of aromatic nitrogens is 5. The molecule has 1 amide bonds. The minimum atomic E-state index is -0.299. The number of amides is 1. The van der Waals surface area contributed by atoms with Gasteiger partial charge < -0.3 is 14.5 Å². The van der Waals surface area contributed by atoms with Crippen molar-refractivity contribution in [3.8, 4) is 17.3 Å². The molecule has 1 saturated heterocycles. The highest BCUT2D eigenvalue weighted by Gasteiger charge is 2.24. The lowest BCUT2D eigenvalue weighted by molar-refractivity contribution is -0.113. The number of nitrogens with one attached hydrogen (secondary N) is 1. The number of furan rings is 1. The summed E-state index contributed by atoms with van der Waals surface area (Å²) in [5.74, 6) is 0.972. The summed E-state index contributed by atoms with van der Waals surface area (Å²) in [6, 6.07) is 12.9. The van der Waals surface area contributed by atoms with Gasteiger partial charge in [-0.1, -0.05) is 30.0 Å². The summed E-state index contributed by atoms with van der Waals surface area (Å²) >= 11 is 1.26. The lowest BCUT2D eigenvalue weighted by Crippen LogP contribution is -2.23. The van der Waals surface area contributed by atoms with Crippen molar-refractivity contribution in [2.75, 3.05) is 17.7 Å². The van der Waals surface area contributed by atoms with Crippen LogP contribution in [-0.2, 0) is 23.1 Å². The van der Waals surface area contributed by atoms with Crippen LogP contribution in [0.1, 0.15) is 18.5 Å². The maximum atomic E-state index is 13.1. The zero-order valence-electron chi connectivity index (χ0n) is 19.5. The van der Waals surface area contributed by atoms with Crippen molar-refractivity contribution in [3.05, 3.63) is 64.8 Å². The Morgan fingerprint density at radius 3 is 2.74 bits per heavy atom. The molecule has 1 aromatic carbocycles. The lowest BCUT2D eigenvalue weighted by Gasteiger charge is -2.13. The molecule has 5 rings (SSSR count). The molecule has 1 aliphatic heterocycles. The number of ether oxygens (including phenoxy) is 1. The van der Waals surface area contributed by atoms with Crippen molar-refractivity contribution < 1.29 is 13.9 Å². The van der Waals surface area contributed by atoms with Gasteiger partial charge in [0.1, 0.15) is 5.69 Å². The average Bonchev–Trinajstić information content (AvgIpc) is 3.66. The monoisotopic (exact) mass is 494 g/mol. The van der Waals surface area contributed by atoms with Gasteiger partial charge in [0.2, 0.25) is 11.7 Å². The fourth-order valence-corrected chi connectivity index (χ4v) is 4.91. The fourth-order valence-electron chi connectivity index (χ4n) is 4.16. The second-order valence-corrected chi connectivity index (χ2v) is 9.24. The smallest absolute Gasteiger partial charge is 0.295 e. The summed E-state index contributed by atoms with van der Waals surface area (Å²) in [6.07, 6.45) is 3.63. The van der Waals surface area contributed by atoms with E-state index in [1.54, 1.807) is 31.0 Å². The third-order valence-corrected chi connectivity index (χ3v) is 6.99. The Kier molecular flexibility index (Phi) is 6.60. The van der Waals surface area contributed by atoms with Gasteiger partial charge in [-0.25, -0.2) is 4.68 Å². The highest BCUT2D eigenvalue weighted by atomic mass is 32.2. The molecule has 1 N–H and O–H groups in total. The van der Waals surface area contributed by atoms with Gasteiger partial charge >= 0.3 is 0 Å². The van der Waals surface area contributed by atoms with Crippen molar-refractivity contribution in [1.29, 1.82) is 0 Å². The Bertz CT molecular complexity index is 1370. The molecule has 182 valence electrons. The SMILES string of the molecule is Cc1c(NC(=O)CSc2nnc(-c3ccco3)n2CC2CCCO2)c(=O)n(-c2ccccc2)n1C. The Balaban J connectivity index is 1.33. The van der Waals surface area contributed by atoms with E-state index >= 15 is 0 Å². The molecule has 35 heavy (non-hydrogen) atoms. The number of carbonyl (C=O) groups excluding carboxylic acids is 1. The van der Waals surface area contributed by atoms with E-state index in [-0.39, 0.29) is 29.0 Å². The molecule has 11 heteroatoms. The summed E-state index contributed by atoms with van der Waals surface area (Å²) in [7, 11) is 1.79. The number of anilines is 1. The number of thioether (sulfide) groups is 1. The topological polar surface area (TPSA) is 109 Å². The molecule has 1 fully saturated rings. The van der Waals surface area contributed by atoms with Crippen LogP contribution in [0.2, 0.25) is 0 Å². The van der Waals surface area contributed by atoms with Gasteiger partial charge in [0.25, 0.3) is 5.56 Å². The summed E-state index contributed by atoms with van der Waals surface area (Å²) in [6.45, 7) is 3.12. The number of para-hydroxylation sites is 1. The van der Waals surface area contributed by atoms with Crippen LogP contribution in [0, 0.1) is 6.92 Å². The van der Waals surface area contributed by atoms with Crippen LogP contribution in [0.3, 0.4) is 0 Å². The second-order valence-electron chi connectivity index (χ2n) is 8.30. The highest BCUT2D eigenvalue weighted by Crippen LogP contribution is 2.27. The predicted octanol–water partition coefficient (Wildman–Crippen LogP) is 3.25. The zero-order chi connectivity index (χ0) is 24.4. The summed E-state index contributed by atoms with van der Waals surface area (Å²) in [5, 5.41) is 12.0. The van der Waals surface area contributed by atoms with Crippen LogP contribution < -0.4 is 10.9 Å². The van der Waals surface area contributed by atoms with Gasteiger partial charge in [-0.05, 0) is 44.0 Å². The molecule has 0 aliphatic carbocycles. The molecule has 0 saturated carbocycles. The summed E-state index contributed by atoms with van der Waals surface area (Å²) in [4.78, 5) is 25.9. The molecule has 3 aromatic heterocycles. The van der Waals surface area contributed by atoms with E-state index < -0.39 is 0 Å². The molecular formula is C24H26N6O4S. The van der Waals surface area contributed by atoms with Crippen LogP contribution >= 0.6 is 11.8 Å². The maximum Gasteiger partial charge on any atom is 0.295 e. The summed E-state index contributed by atoms with van der Waals surface area (Å²) < 4.78 is 16.5. The highest BCUT2D eigenvalue weighted by molar-refractivity contribution is 7.99. The standard InChI is InChI=1S/C24H26N6O4S/c1-16-21(23(32)30(28(16)2)17-8-4-3-5-9-17)25-20(31)15-35-24-27-26-22(19-11-7-13-34-19)29(24)14-18-10-6-12-33-18/h3-5,7-9,11,13,18H,6,10,12,14-15H2,1-2H3,(H,25,31). The quantitative estimate of drug-likeness (QED) is 0.375. The van der Waals surface area contributed by atoms with Crippen LogP contribution in [0.15, 0.2) is 63.1 Å². The van der Waals surface area contributed by atoms with Crippen LogP contribution in [0.4, 0.5) is 5.69 Å². The van der Waals surface area contributed by atoms with E-state index in [1.165, 1.54) is 16.4 Å². The molecule has 1 aliphatic rings. The number of nitrogens with zero attached hydrogens (tertiary/aromatic N) is 5. The van der Waals surface area contributed by atoms with Crippen molar-refractivity contribution in [2.24, 2.45) is 7.05 Å². The first-order valence-electron chi connectivity index (χ1n) is 11.4. The molecule has 4 aromatic rings. The molecule has 1 unspecified atom stereocenters. The molecule has 10 nitrogen and oxygen atoms in total. The average molecular weight is 495 g/mol. The molecule has 0 radical (unpaired) electrons. The van der Waals surface area contributed by atoms with Gasteiger partial charge in [-0.2, -0.15) is 0 Å². The third-order valence-electron chi connectivity index (χ3n) is 6.02. The van der Waals surface area contributed by atoms with Crippen molar-refractivity contribution in [2.45, 2.75) is 37.6 Å². The Hall–Kier alpha value is -3.57.